The fourth-order valence-electron chi connectivity index (χ4n) is 4.19. The average Bonchev–Trinajstić information content (AvgIpc) is 3.92. The Labute approximate surface area is 380 Å². The van der Waals surface area contributed by atoms with Crippen LogP contribution in [0, 0.1) is 0 Å². The van der Waals surface area contributed by atoms with Crippen LogP contribution in [0.3, 0.4) is 0 Å². The van der Waals surface area contributed by atoms with Gasteiger partial charge in [0.25, 0.3) is 47.3 Å². The summed E-state index contributed by atoms with van der Waals surface area (Å²) in [5.41, 5.74) is -0.692. The molecule has 25 nitrogen and oxygen atoms in total. The molecule has 4 aliphatic heterocycles. The molecule has 0 aromatic rings. The fraction of sp³-hybridized carbons (Fsp3) is 0.571. The van der Waals surface area contributed by atoms with Crippen LogP contribution >= 0.6 is 47.0 Å². The zero-order valence-corrected chi connectivity index (χ0v) is 38.0. The lowest BCUT2D eigenvalue weighted by molar-refractivity contribution is -0.200. The number of amides is 8. The van der Waals surface area contributed by atoms with E-state index in [0.717, 1.165) is 47.0 Å². The first kappa shape index (κ1) is 56.8. The first-order valence-electron chi connectivity index (χ1n) is 18.6. The second-order valence-electron chi connectivity index (χ2n) is 12.4. The molecule has 1 atom stereocenters. The number of aliphatic hydroxyl groups excluding tert-OH is 1. The summed E-state index contributed by atoms with van der Waals surface area (Å²) in [6.45, 7) is 5.48. The van der Waals surface area contributed by atoms with E-state index in [4.69, 9.17) is 9.84 Å². The summed E-state index contributed by atoms with van der Waals surface area (Å²) in [4.78, 5) is 183. The van der Waals surface area contributed by atoms with Crippen molar-refractivity contribution in [1.82, 2.24) is 20.3 Å². The zero-order valence-electron chi connectivity index (χ0n) is 34.7. The highest BCUT2D eigenvalue weighted by Crippen LogP contribution is 2.16. The first-order valence-corrected chi connectivity index (χ1v) is 22.6. The van der Waals surface area contributed by atoms with Gasteiger partial charge in [0.05, 0.1) is 24.2 Å². The van der Waals surface area contributed by atoms with Gasteiger partial charge in [-0.1, -0.05) is 35.3 Å². The van der Waals surface area contributed by atoms with Crippen molar-refractivity contribution in [3.63, 3.8) is 0 Å². The van der Waals surface area contributed by atoms with Crippen LogP contribution in [-0.2, 0) is 96.0 Å². The largest absolute Gasteiger partial charge is 0.383 e. The van der Waals surface area contributed by atoms with Crippen molar-refractivity contribution < 1.29 is 101 Å². The molecule has 0 aromatic carbocycles. The van der Waals surface area contributed by atoms with Crippen LogP contribution in [-0.4, -0.2) is 154 Å². The SMILES string of the molecule is CC(=O)SCC(=O)ON1C(=O)CCC1=O.CC(=O)SCCC(=O)ON1C(=O)CCC1=O.CC(=O)SCCOCC(=O)ON1C(=O)CCC1=O.CC(O)SCC(=O)ON1C(=O)CCC1=O. The van der Waals surface area contributed by atoms with E-state index in [1.165, 1.54) is 27.7 Å². The van der Waals surface area contributed by atoms with E-state index in [0.29, 0.717) is 26.0 Å². The second-order valence-corrected chi connectivity index (χ2v) is 17.4. The maximum atomic E-state index is 11.2. The van der Waals surface area contributed by atoms with E-state index in [1.807, 2.05) is 0 Å². The molecule has 64 heavy (non-hydrogen) atoms. The number of thioether (sulfide) groups is 4. The predicted molar refractivity (Wildman–Crippen MR) is 218 cm³/mol. The third-order valence-electron chi connectivity index (χ3n) is 7.00. The Morgan fingerprint density at radius 2 is 0.797 bits per heavy atom. The minimum absolute atomic E-state index is 0.0126. The maximum Gasteiger partial charge on any atom is 0.358 e. The standard InChI is InChI=1S/C10H13NO6S.C9H11NO5S.C8H11NO5S.C8H9NO5S/c1-7(12)18-5-4-16-6-10(15)17-11-8(13)2-3-9(11)14;1-6(11)16-5-4-9(14)15-10-7(12)2-3-8(10)13;2*1-5(10)15-4-8(13)14-9-6(11)2-3-7(9)12/h2-6H2,1H3;2-5H2,1H3;5,10H,2-4H2,1H3;2-4H2,1H3. The molecule has 4 rings (SSSR count). The summed E-state index contributed by atoms with van der Waals surface area (Å²) in [5, 5.41) is 10.4. The molecule has 354 valence electrons. The van der Waals surface area contributed by atoms with Gasteiger partial charge in [-0.2, -0.15) is 0 Å². The number of hydrogen-bond donors (Lipinski definition) is 1. The number of hydroxylamine groups is 8. The number of imide groups is 4. The molecule has 0 aromatic heterocycles. The van der Waals surface area contributed by atoms with Crippen LogP contribution in [0.1, 0.15) is 85.5 Å². The number of hydrogen-bond acceptors (Lipinski definition) is 25. The maximum absolute atomic E-state index is 11.2. The minimum Gasteiger partial charge on any atom is -0.383 e. The molecule has 0 radical (unpaired) electrons. The molecule has 4 heterocycles. The van der Waals surface area contributed by atoms with Gasteiger partial charge in [-0.05, 0) is 6.92 Å². The van der Waals surface area contributed by atoms with Gasteiger partial charge in [-0.25, -0.2) is 19.2 Å². The van der Waals surface area contributed by atoms with Crippen molar-refractivity contribution in [1.29, 1.82) is 0 Å². The molecule has 4 aliphatic rings. The van der Waals surface area contributed by atoms with E-state index < -0.39 is 76.6 Å². The van der Waals surface area contributed by atoms with Crippen LogP contribution in [0.25, 0.3) is 0 Å². The Morgan fingerprint density at radius 1 is 0.484 bits per heavy atom. The molecule has 1 N–H and O–H groups in total. The normalized spacial score (nSPS) is 16.0. The Morgan fingerprint density at radius 3 is 1.14 bits per heavy atom. The predicted octanol–water partition coefficient (Wildman–Crippen LogP) is -0.308. The smallest absolute Gasteiger partial charge is 0.358 e. The van der Waals surface area contributed by atoms with Crippen LogP contribution in [0.4, 0.5) is 0 Å². The van der Waals surface area contributed by atoms with Crippen LogP contribution in [0.2, 0.25) is 0 Å². The van der Waals surface area contributed by atoms with E-state index in [1.54, 1.807) is 0 Å². The zero-order chi connectivity index (χ0) is 48.5. The highest BCUT2D eigenvalue weighted by atomic mass is 32.2. The molecular weight excluding hydrogens is 941 g/mol. The Kier molecular flexibility index (Phi) is 26.6. The monoisotopic (exact) mass is 984 g/mol. The number of rotatable bonds is 17. The van der Waals surface area contributed by atoms with Gasteiger partial charge in [-0.3, -0.25) is 52.7 Å². The summed E-state index contributed by atoms with van der Waals surface area (Å²) >= 11 is 3.79. The molecule has 4 fully saturated rings. The summed E-state index contributed by atoms with van der Waals surface area (Å²) in [5.74, 6) is -6.70. The number of nitrogens with zero attached hydrogens (tertiary/aromatic N) is 4. The lowest BCUT2D eigenvalue weighted by atomic mass is 10.4. The van der Waals surface area contributed by atoms with Crippen LogP contribution < -0.4 is 0 Å². The van der Waals surface area contributed by atoms with Gasteiger partial charge >= 0.3 is 23.9 Å². The van der Waals surface area contributed by atoms with Crippen molar-refractivity contribution in [3.8, 4) is 0 Å². The Balaban J connectivity index is 0.000000428. The number of carbonyl (C=O) groups excluding carboxylic acids is 15. The summed E-state index contributed by atoms with van der Waals surface area (Å²) in [7, 11) is 0. The molecule has 4 saturated heterocycles. The molecule has 8 amide bonds. The summed E-state index contributed by atoms with van der Waals surface area (Å²) in [6.07, 6.45) is 0.539. The number of aliphatic hydroxyl groups is 1. The van der Waals surface area contributed by atoms with Crippen LogP contribution in [0.15, 0.2) is 0 Å². The molecule has 29 heteroatoms. The Hall–Kier alpha value is -5.23. The van der Waals surface area contributed by atoms with Crippen molar-refractivity contribution >= 4 is 134 Å². The van der Waals surface area contributed by atoms with E-state index in [-0.39, 0.29) is 104 Å². The van der Waals surface area contributed by atoms with Crippen molar-refractivity contribution in [3.05, 3.63) is 0 Å². The van der Waals surface area contributed by atoms with E-state index in [2.05, 4.69) is 19.4 Å². The van der Waals surface area contributed by atoms with Gasteiger partial charge in [-0.15, -0.1) is 32.0 Å². The van der Waals surface area contributed by atoms with Gasteiger partial charge in [0, 0.05) is 83.6 Å². The molecular formula is C35H44N4O21S4. The quantitative estimate of drug-likeness (QED) is 0.111. The number of carbonyl (C=O) groups is 15. The average molecular weight is 985 g/mol. The third-order valence-corrected chi connectivity index (χ3v) is 10.3. The summed E-state index contributed by atoms with van der Waals surface area (Å²) < 4.78 is 4.93. The van der Waals surface area contributed by atoms with E-state index in [9.17, 15) is 71.9 Å². The Bertz CT molecular complexity index is 1780. The minimum atomic E-state index is -0.813. The van der Waals surface area contributed by atoms with Crippen LogP contribution in [0.5, 0.6) is 0 Å². The topological polar surface area (TPSA) is 335 Å². The molecule has 0 bridgehead atoms. The number of ether oxygens (including phenoxy) is 1. The van der Waals surface area contributed by atoms with Crippen molar-refractivity contribution in [2.24, 2.45) is 0 Å². The third kappa shape index (κ3) is 23.5. The van der Waals surface area contributed by atoms with Gasteiger partial charge in [0.1, 0.15) is 12.4 Å². The van der Waals surface area contributed by atoms with Crippen molar-refractivity contribution in [2.45, 2.75) is 90.9 Å². The molecule has 0 saturated carbocycles. The van der Waals surface area contributed by atoms with Gasteiger partial charge in [0.15, 0.2) is 15.3 Å². The molecule has 0 aliphatic carbocycles. The highest BCUT2D eigenvalue weighted by molar-refractivity contribution is 8.14. The van der Waals surface area contributed by atoms with Gasteiger partial charge in [0.2, 0.25) is 0 Å². The van der Waals surface area contributed by atoms with E-state index >= 15 is 0 Å². The molecule has 1 unspecified atom stereocenters. The van der Waals surface area contributed by atoms with Gasteiger partial charge < -0.3 is 29.2 Å². The van der Waals surface area contributed by atoms with Crippen molar-refractivity contribution in [2.75, 3.05) is 36.2 Å². The fourth-order valence-corrected chi connectivity index (χ4v) is 6.04. The first-order chi connectivity index (χ1) is 30.0. The lowest BCUT2D eigenvalue weighted by Gasteiger charge is -2.12. The summed E-state index contributed by atoms with van der Waals surface area (Å²) in [6, 6.07) is 0. The molecule has 0 spiro atoms. The highest BCUT2D eigenvalue weighted by Gasteiger charge is 2.35. The lowest BCUT2D eigenvalue weighted by Crippen LogP contribution is -2.33. The second kappa shape index (κ2) is 30.0.